The number of carbonyl (C=O) groups is 1. The molecule has 11 nitrogen and oxygen atoms in total. The van der Waals surface area contributed by atoms with E-state index in [1.165, 1.54) is 21.5 Å². The monoisotopic (exact) mass is 492 g/mol. The van der Waals surface area contributed by atoms with Crippen molar-refractivity contribution >= 4 is 23.1 Å². The molecule has 1 amide bonds. The van der Waals surface area contributed by atoms with E-state index in [0.717, 1.165) is 11.3 Å². The van der Waals surface area contributed by atoms with Crippen LogP contribution in [0.3, 0.4) is 0 Å². The predicted molar refractivity (Wildman–Crippen MR) is 131 cm³/mol. The number of benzene rings is 1. The number of amides is 1. The average molecular weight is 493 g/mol. The third-order valence-electron chi connectivity index (χ3n) is 5.70. The topological polar surface area (TPSA) is 170 Å². The first-order valence-electron chi connectivity index (χ1n) is 10.9. The van der Waals surface area contributed by atoms with Gasteiger partial charge in [0.1, 0.15) is 28.7 Å². The van der Waals surface area contributed by atoms with E-state index in [1.54, 1.807) is 21.0 Å². The Kier molecular flexibility index (Phi) is 6.43. The first kappa shape index (κ1) is 24.4. The van der Waals surface area contributed by atoms with Gasteiger partial charge in [-0.2, -0.15) is 5.10 Å². The first-order valence-corrected chi connectivity index (χ1v) is 10.9. The molecular weight excluding hydrogens is 467 g/mol. The van der Waals surface area contributed by atoms with Gasteiger partial charge >= 0.3 is 0 Å². The molecule has 12 heteroatoms. The second kappa shape index (κ2) is 9.49. The summed E-state index contributed by atoms with van der Waals surface area (Å²) in [6, 6.07) is 7.48. The molecule has 0 atom stereocenters. The Bertz CT molecular complexity index is 1520. The molecule has 186 valence electrons. The first-order chi connectivity index (χ1) is 17.1. The lowest BCUT2D eigenvalue weighted by Crippen LogP contribution is -2.20. The fraction of sp³-hybridized carbons (Fsp3) is 0.208. The van der Waals surface area contributed by atoms with Crippen molar-refractivity contribution in [3.05, 3.63) is 76.4 Å². The largest absolute Gasteiger partial charge is 0.504 e. The molecule has 0 bridgehead atoms. The molecule has 3 heterocycles. The number of aromatic nitrogens is 4. The lowest BCUT2D eigenvalue weighted by atomic mass is 10.1. The van der Waals surface area contributed by atoms with Gasteiger partial charge in [0.05, 0.1) is 30.1 Å². The maximum Gasteiger partial charge on any atom is 0.268 e. The lowest BCUT2D eigenvalue weighted by molar-refractivity contribution is 0.0991. The van der Waals surface area contributed by atoms with Crippen LogP contribution >= 0.6 is 0 Å². The number of aromatic hydroxyl groups is 1. The smallest absolute Gasteiger partial charge is 0.268 e. The molecule has 0 aliphatic rings. The number of primary amides is 1. The van der Waals surface area contributed by atoms with Crippen molar-refractivity contribution in [1.82, 2.24) is 19.2 Å². The summed E-state index contributed by atoms with van der Waals surface area (Å²) in [6.07, 6.45) is 3.34. The highest BCUT2D eigenvalue weighted by atomic mass is 19.1. The summed E-state index contributed by atoms with van der Waals surface area (Å²) >= 11 is 0. The fourth-order valence-corrected chi connectivity index (χ4v) is 3.92. The number of aliphatic imine (C=N–C) groups is 1. The summed E-state index contributed by atoms with van der Waals surface area (Å²) in [5.41, 5.74) is 12.9. The molecule has 0 radical (unpaired) electrons. The lowest BCUT2D eigenvalue weighted by Gasteiger charge is -2.08. The number of nitrogens with two attached hydrogens (primary N) is 2. The molecule has 36 heavy (non-hydrogen) atoms. The van der Waals surface area contributed by atoms with Crippen molar-refractivity contribution in [3.8, 4) is 11.5 Å². The van der Waals surface area contributed by atoms with Gasteiger partial charge in [-0.1, -0.05) is 12.1 Å². The van der Waals surface area contributed by atoms with E-state index in [2.05, 4.69) is 15.1 Å². The van der Waals surface area contributed by atoms with Gasteiger partial charge in [-0.15, -0.1) is 0 Å². The van der Waals surface area contributed by atoms with Crippen molar-refractivity contribution < 1.29 is 19.0 Å². The number of nitrogens with zero attached hydrogens (tertiary/aromatic N) is 5. The molecule has 0 aliphatic heterocycles. The number of nitrogens with one attached hydrogen (secondary N) is 1. The van der Waals surface area contributed by atoms with Crippen molar-refractivity contribution in [2.75, 3.05) is 7.11 Å². The van der Waals surface area contributed by atoms with Crippen LogP contribution < -0.4 is 16.2 Å². The molecule has 0 aliphatic carbocycles. The van der Waals surface area contributed by atoms with Crippen molar-refractivity contribution in [2.24, 2.45) is 16.5 Å². The van der Waals surface area contributed by atoms with Crippen LogP contribution in [-0.4, -0.2) is 49.0 Å². The minimum atomic E-state index is -0.993. The number of methoxy groups -OCH3 is 1. The third-order valence-corrected chi connectivity index (χ3v) is 5.70. The van der Waals surface area contributed by atoms with Gasteiger partial charge in [0, 0.05) is 12.7 Å². The number of ether oxygens (including phenoxy) is 1. The van der Waals surface area contributed by atoms with Crippen molar-refractivity contribution in [3.63, 3.8) is 0 Å². The number of hydrogen-bond acceptors (Lipinski definition) is 6. The SMILES string of the molecule is COc1ccc(CCn2nc(C)c(O)c2C(=N)/N=C(\N)c2c(F)c(C(N)=O)n3cc(C)ncc23)cc1. The van der Waals surface area contributed by atoms with E-state index in [9.17, 15) is 9.90 Å². The number of halogens is 1. The van der Waals surface area contributed by atoms with Gasteiger partial charge in [0.2, 0.25) is 0 Å². The summed E-state index contributed by atoms with van der Waals surface area (Å²) in [5.74, 6) is -2.28. The number of rotatable bonds is 7. The number of amidine groups is 2. The summed E-state index contributed by atoms with van der Waals surface area (Å²) in [7, 11) is 1.59. The zero-order valence-corrected chi connectivity index (χ0v) is 19.9. The van der Waals surface area contributed by atoms with Gasteiger partial charge in [-0.25, -0.2) is 9.38 Å². The summed E-state index contributed by atoms with van der Waals surface area (Å²) in [4.78, 5) is 20.1. The quantitative estimate of drug-likeness (QED) is 0.227. The maximum atomic E-state index is 15.2. The van der Waals surface area contributed by atoms with Crippen LogP contribution in [0.2, 0.25) is 0 Å². The van der Waals surface area contributed by atoms with Crippen LogP contribution in [0.1, 0.15) is 38.7 Å². The molecule has 4 rings (SSSR count). The highest BCUT2D eigenvalue weighted by Crippen LogP contribution is 2.25. The average Bonchev–Trinajstić information content (AvgIpc) is 3.29. The molecule has 0 saturated carbocycles. The Morgan fingerprint density at radius 1 is 1.22 bits per heavy atom. The number of aryl methyl sites for hydroxylation is 4. The van der Waals surface area contributed by atoms with E-state index in [1.807, 2.05) is 24.3 Å². The van der Waals surface area contributed by atoms with Crippen LogP contribution in [0.15, 0.2) is 41.7 Å². The second-order valence-corrected chi connectivity index (χ2v) is 8.14. The molecule has 0 spiro atoms. The zero-order valence-electron chi connectivity index (χ0n) is 19.9. The van der Waals surface area contributed by atoms with E-state index >= 15 is 4.39 Å². The number of hydrogen-bond donors (Lipinski definition) is 4. The van der Waals surface area contributed by atoms with E-state index in [4.69, 9.17) is 21.6 Å². The van der Waals surface area contributed by atoms with Gasteiger partial charge in [-0.05, 0) is 38.0 Å². The summed E-state index contributed by atoms with van der Waals surface area (Å²) < 4.78 is 23.1. The van der Waals surface area contributed by atoms with Crippen LogP contribution in [0.25, 0.3) is 5.52 Å². The minimum Gasteiger partial charge on any atom is -0.504 e. The summed E-state index contributed by atoms with van der Waals surface area (Å²) in [6.45, 7) is 3.60. The van der Waals surface area contributed by atoms with E-state index in [0.29, 0.717) is 24.4 Å². The van der Waals surface area contributed by atoms with Gasteiger partial charge < -0.3 is 25.7 Å². The molecule has 6 N–H and O–H groups in total. The molecule has 0 saturated heterocycles. The van der Waals surface area contributed by atoms with Gasteiger partial charge in [-0.3, -0.25) is 19.9 Å². The zero-order chi connectivity index (χ0) is 26.1. The number of carbonyl (C=O) groups excluding carboxylic acids is 1. The van der Waals surface area contributed by atoms with Gasteiger partial charge in [0.25, 0.3) is 5.91 Å². The van der Waals surface area contributed by atoms with Crippen molar-refractivity contribution in [2.45, 2.75) is 26.8 Å². The van der Waals surface area contributed by atoms with Crippen LogP contribution in [0.4, 0.5) is 4.39 Å². The minimum absolute atomic E-state index is 0.0250. The molecule has 0 unspecified atom stereocenters. The Morgan fingerprint density at radius 3 is 2.56 bits per heavy atom. The van der Waals surface area contributed by atoms with Gasteiger partial charge in [0.15, 0.2) is 17.4 Å². The highest BCUT2D eigenvalue weighted by Gasteiger charge is 2.26. The molecule has 4 aromatic rings. The normalized spacial score (nSPS) is 11.7. The van der Waals surface area contributed by atoms with Crippen molar-refractivity contribution in [1.29, 1.82) is 5.41 Å². The molecule has 1 aromatic carbocycles. The van der Waals surface area contributed by atoms with Crippen LogP contribution in [-0.2, 0) is 13.0 Å². The van der Waals surface area contributed by atoms with E-state index < -0.39 is 23.3 Å². The standard InChI is InChI=1S/C24H25FN8O3/c1-12-11-32-16(10-29-12)17(18(25)19(32)24(28)35)22(26)30-23(27)20-21(34)13(2)31-33(20)9-8-14-4-6-15(36-3)7-5-14/h4-7,10-11,34H,8-9H2,1-3H3,(H2,28,35)(H3,26,27,30). The highest BCUT2D eigenvalue weighted by molar-refractivity contribution is 6.14. The van der Waals surface area contributed by atoms with Crippen LogP contribution in [0.5, 0.6) is 11.5 Å². The third kappa shape index (κ3) is 4.35. The second-order valence-electron chi connectivity index (χ2n) is 8.14. The number of fused-ring (bicyclic) bond motifs is 1. The Morgan fingerprint density at radius 2 is 1.92 bits per heavy atom. The molecular formula is C24H25FN8O3. The maximum absolute atomic E-state index is 15.2. The Hall–Kier alpha value is -4.74. The van der Waals surface area contributed by atoms with E-state index in [-0.39, 0.29) is 28.4 Å². The predicted octanol–water partition coefficient (Wildman–Crippen LogP) is 2.07. The summed E-state index contributed by atoms with van der Waals surface area (Å²) in [5, 5.41) is 23.4. The van der Waals surface area contributed by atoms with Crippen LogP contribution in [0, 0.1) is 25.1 Å². The fourth-order valence-electron chi connectivity index (χ4n) is 3.92. The Labute approximate surface area is 205 Å². The Balaban J connectivity index is 1.69. The molecule has 0 fully saturated rings. The molecule has 3 aromatic heterocycles.